The first-order chi connectivity index (χ1) is 6.77. The molecule has 2 heteroatoms. The maximum Gasteiger partial charge on any atom is 0.0356 e. The Bertz CT molecular complexity index is 266. The van der Waals surface area contributed by atoms with Crippen molar-refractivity contribution >= 4 is 11.3 Å². The Morgan fingerprint density at radius 2 is 2.43 bits per heavy atom. The highest BCUT2D eigenvalue weighted by molar-refractivity contribution is 7.07. The summed E-state index contributed by atoms with van der Waals surface area (Å²) in [6.07, 6.45) is 2.72. The van der Waals surface area contributed by atoms with Crippen LogP contribution in [0.25, 0.3) is 0 Å². The molecule has 0 aliphatic carbocycles. The van der Waals surface area contributed by atoms with Crippen LogP contribution in [0.2, 0.25) is 0 Å². The summed E-state index contributed by atoms with van der Waals surface area (Å²) in [6, 6.07) is 3.00. The van der Waals surface area contributed by atoms with Gasteiger partial charge in [0.1, 0.15) is 0 Å². The molecule has 0 saturated carbocycles. The third kappa shape index (κ3) is 2.18. The van der Waals surface area contributed by atoms with Gasteiger partial charge in [-0.1, -0.05) is 13.8 Å². The molecule has 1 aromatic rings. The predicted octanol–water partition coefficient (Wildman–Crippen LogP) is 3.54. The van der Waals surface area contributed by atoms with Gasteiger partial charge in [-0.25, -0.2) is 0 Å². The average molecular weight is 209 g/mol. The molecule has 0 amide bonds. The molecule has 0 spiro atoms. The minimum Gasteiger partial charge on any atom is -0.296 e. The monoisotopic (exact) mass is 209 g/mol. The molecule has 0 radical (unpaired) electrons. The molecule has 78 valence electrons. The highest BCUT2D eigenvalue weighted by Gasteiger charge is 2.26. The van der Waals surface area contributed by atoms with Crippen molar-refractivity contribution in [2.45, 2.75) is 32.7 Å². The van der Waals surface area contributed by atoms with Crippen molar-refractivity contribution in [2.24, 2.45) is 5.92 Å². The highest BCUT2D eigenvalue weighted by atomic mass is 32.1. The summed E-state index contributed by atoms with van der Waals surface area (Å²) >= 11 is 1.82. The van der Waals surface area contributed by atoms with E-state index in [9.17, 15) is 0 Å². The quantitative estimate of drug-likeness (QED) is 0.736. The molecule has 0 aromatic carbocycles. The molecular weight excluding hydrogens is 190 g/mol. The zero-order chi connectivity index (χ0) is 9.97. The maximum atomic E-state index is 2.65. The summed E-state index contributed by atoms with van der Waals surface area (Å²) in [6.45, 7) is 7.16. The largest absolute Gasteiger partial charge is 0.296 e. The van der Waals surface area contributed by atoms with E-state index in [1.54, 1.807) is 0 Å². The lowest BCUT2D eigenvalue weighted by Crippen LogP contribution is -2.27. The van der Waals surface area contributed by atoms with Crippen molar-refractivity contribution in [1.29, 1.82) is 0 Å². The molecular formula is C12H19NS. The molecule has 2 heterocycles. The van der Waals surface area contributed by atoms with E-state index in [1.165, 1.54) is 31.5 Å². The molecule has 1 aliphatic rings. The van der Waals surface area contributed by atoms with Crippen molar-refractivity contribution in [1.82, 2.24) is 4.90 Å². The van der Waals surface area contributed by atoms with Crippen molar-refractivity contribution in [2.75, 3.05) is 13.1 Å². The van der Waals surface area contributed by atoms with Crippen LogP contribution in [0.15, 0.2) is 16.8 Å². The van der Waals surface area contributed by atoms with E-state index in [-0.39, 0.29) is 0 Å². The second kappa shape index (κ2) is 4.45. The van der Waals surface area contributed by atoms with Crippen LogP contribution in [0.3, 0.4) is 0 Å². The molecule has 0 N–H and O–H groups in total. The number of thiophene rings is 1. The number of rotatable bonds is 3. The summed E-state index contributed by atoms with van der Waals surface area (Å²) in [4.78, 5) is 2.65. The lowest BCUT2D eigenvalue weighted by Gasteiger charge is -2.25. The number of likely N-dealkylation sites (tertiary alicyclic amines) is 1. The fourth-order valence-electron chi connectivity index (χ4n) is 2.36. The SMILES string of the molecule is CC(C)CN1CCC[C@@H]1c1ccsc1. The fraction of sp³-hybridized carbons (Fsp3) is 0.667. The van der Waals surface area contributed by atoms with Crippen LogP contribution in [0, 0.1) is 5.92 Å². The van der Waals surface area contributed by atoms with E-state index >= 15 is 0 Å². The van der Waals surface area contributed by atoms with Gasteiger partial charge >= 0.3 is 0 Å². The topological polar surface area (TPSA) is 3.24 Å². The van der Waals surface area contributed by atoms with Gasteiger partial charge in [-0.3, -0.25) is 4.90 Å². The van der Waals surface area contributed by atoms with Crippen LogP contribution >= 0.6 is 11.3 Å². The first kappa shape index (κ1) is 10.2. The Labute approximate surface area is 90.7 Å². The minimum atomic E-state index is 0.712. The zero-order valence-corrected chi connectivity index (χ0v) is 9.89. The molecule has 2 rings (SSSR count). The third-order valence-corrected chi connectivity index (χ3v) is 3.59. The Morgan fingerprint density at radius 1 is 1.57 bits per heavy atom. The summed E-state index contributed by atoms with van der Waals surface area (Å²) in [5, 5.41) is 4.50. The van der Waals surface area contributed by atoms with Gasteiger partial charge in [0, 0.05) is 12.6 Å². The normalized spacial score (nSPS) is 23.5. The van der Waals surface area contributed by atoms with Gasteiger partial charge in [0.15, 0.2) is 0 Å². The second-order valence-electron chi connectivity index (χ2n) is 4.60. The zero-order valence-electron chi connectivity index (χ0n) is 9.07. The van der Waals surface area contributed by atoms with Gasteiger partial charge in [0.05, 0.1) is 0 Å². The van der Waals surface area contributed by atoms with E-state index < -0.39 is 0 Å². The van der Waals surface area contributed by atoms with E-state index in [0.717, 1.165) is 5.92 Å². The van der Waals surface area contributed by atoms with Crippen LogP contribution in [0.5, 0.6) is 0 Å². The van der Waals surface area contributed by atoms with Crippen molar-refractivity contribution in [3.8, 4) is 0 Å². The van der Waals surface area contributed by atoms with Gasteiger partial charge in [0.2, 0.25) is 0 Å². The van der Waals surface area contributed by atoms with Gasteiger partial charge in [-0.15, -0.1) is 0 Å². The third-order valence-electron chi connectivity index (χ3n) is 2.89. The van der Waals surface area contributed by atoms with E-state index in [2.05, 4.69) is 35.6 Å². The standard InChI is InChI=1S/C12H19NS/c1-10(2)8-13-6-3-4-12(13)11-5-7-14-9-11/h5,7,9-10,12H,3-4,6,8H2,1-2H3/t12-/m1/s1. The van der Waals surface area contributed by atoms with Crippen LogP contribution in [0.4, 0.5) is 0 Å². The van der Waals surface area contributed by atoms with Gasteiger partial charge in [-0.05, 0) is 47.7 Å². The van der Waals surface area contributed by atoms with Crippen molar-refractivity contribution < 1.29 is 0 Å². The first-order valence-electron chi connectivity index (χ1n) is 5.53. The van der Waals surface area contributed by atoms with Gasteiger partial charge in [-0.2, -0.15) is 11.3 Å². The molecule has 0 unspecified atom stereocenters. The Kier molecular flexibility index (Phi) is 3.24. The van der Waals surface area contributed by atoms with E-state index in [1.807, 2.05) is 11.3 Å². The summed E-state index contributed by atoms with van der Waals surface area (Å²) < 4.78 is 0. The van der Waals surface area contributed by atoms with Crippen molar-refractivity contribution in [3.05, 3.63) is 22.4 Å². The molecule has 1 aliphatic heterocycles. The van der Waals surface area contributed by atoms with Crippen LogP contribution in [-0.4, -0.2) is 18.0 Å². The van der Waals surface area contributed by atoms with E-state index in [4.69, 9.17) is 0 Å². The molecule has 1 aromatic heterocycles. The molecule has 1 nitrogen and oxygen atoms in total. The Hall–Kier alpha value is -0.340. The van der Waals surface area contributed by atoms with E-state index in [0.29, 0.717) is 6.04 Å². The van der Waals surface area contributed by atoms with Crippen molar-refractivity contribution in [3.63, 3.8) is 0 Å². The lowest BCUT2D eigenvalue weighted by molar-refractivity contribution is 0.229. The molecule has 1 atom stereocenters. The van der Waals surface area contributed by atoms with Gasteiger partial charge in [0.25, 0.3) is 0 Å². The van der Waals surface area contributed by atoms with Crippen LogP contribution in [0.1, 0.15) is 38.3 Å². The second-order valence-corrected chi connectivity index (χ2v) is 5.38. The van der Waals surface area contributed by atoms with Crippen LogP contribution < -0.4 is 0 Å². The molecule has 14 heavy (non-hydrogen) atoms. The smallest absolute Gasteiger partial charge is 0.0356 e. The number of hydrogen-bond donors (Lipinski definition) is 0. The minimum absolute atomic E-state index is 0.712. The molecule has 1 fully saturated rings. The predicted molar refractivity (Wildman–Crippen MR) is 62.7 cm³/mol. The summed E-state index contributed by atoms with van der Waals surface area (Å²) in [5.41, 5.74) is 1.54. The Morgan fingerprint density at radius 3 is 3.07 bits per heavy atom. The number of nitrogens with zero attached hydrogens (tertiary/aromatic N) is 1. The summed E-state index contributed by atoms with van der Waals surface area (Å²) in [7, 11) is 0. The average Bonchev–Trinajstić information content (AvgIpc) is 2.70. The van der Waals surface area contributed by atoms with Gasteiger partial charge < -0.3 is 0 Å². The Balaban J connectivity index is 2.04. The fourth-order valence-corrected chi connectivity index (χ4v) is 3.06. The molecule has 0 bridgehead atoms. The molecule has 1 saturated heterocycles. The summed E-state index contributed by atoms with van der Waals surface area (Å²) in [5.74, 6) is 0.786. The highest BCUT2D eigenvalue weighted by Crippen LogP contribution is 2.33. The van der Waals surface area contributed by atoms with Crippen LogP contribution in [-0.2, 0) is 0 Å². The maximum absolute atomic E-state index is 2.65. The lowest BCUT2D eigenvalue weighted by atomic mass is 10.1. The first-order valence-corrected chi connectivity index (χ1v) is 6.48. The number of hydrogen-bond acceptors (Lipinski definition) is 2.